The van der Waals surface area contributed by atoms with Gasteiger partial charge < -0.3 is 5.11 Å². The fourth-order valence-corrected chi connectivity index (χ4v) is 3.12. The van der Waals surface area contributed by atoms with Crippen molar-refractivity contribution in [3.05, 3.63) is 28.5 Å². The number of carbonyl (C=O) groups is 1. The van der Waals surface area contributed by atoms with Crippen LogP contribution in [0.3, 0.4) is 0 Å². The van der Waals surface area contributed by atoms with E-state index in [4.69, 9.17) is 5.11 Å². The Morgan fingerprint density at radius 1 is 1.48 bits per heavy atom. The van der Waals surface area contributed by atoms with Crippen molar-refractivity contribution >= 4 is 33.7 Å². The van der Waals surface area contributed by atoms with Gasteiger partial charge in [-0.3, -0.25) is 9.36 Å². The second-order valence-corrected chi connectivity index (χ2v) is 6.49. The van der Waals surface area contributed by atoms with E-state index in [1.54, 1.807) is 18.2 Å². The highest BCUT2D eigenvalue weighted by Crippen LogP contribution is 2.41. The van der Waals surface area contributed by atoms with Crippen molar-refractivity contribution in [1.82, 2.24) is 14.8 Å². The fourth-order valence-electron chi connectivity index (χ4n) is 2.02. The second kappa shape index (κ2) is 5.76. The van der Waals surface area contributed by atoms with Crippen LogP contribution in [0.2, 0.25) is 0 Å². The van der Waals surface area contributed by atoms with Crippen LogP contribution in [-0.4, -0.2) is 31.6 Å². The lowest BCUT2D eigenvalue weighted by Gasteiger charge is -2.09. The second-order valence-electron chi connectivity index (χ2n) is 4.69. The van der Waals surface area contributed by atoms with E-state index in [1.165, 1.54) is 0 Å². The first kappa shape index (κ1) is 14.5. The summed E-state index contributed by atoms with van der Waals surface area (Å²) in [6, 6.07) is 5.23. The molecule has 0 aliphatic heterocycles. The lowest BCUT2D eigenvalue weighted by molar-refractivity contribution is -0.133. The van der Waals surface area contributed by atoms with Crippen molar-refractivity contribution in [3.63, 3.8) is 0 Å². The lowest BCUT2D eigenvalue weighted by Crippen LogP contribution is -2.04. The third-order valence-electron chi connectivity index (χ3n) is 3.09. The van der Waals surface area contributed by atoms with Crippen LogP contribution in [0.1, 0.15) is 18.9 Å². The zero-order valence-electron chi connectivity index (χ0n) is 10.8. The normalized spacial score (nSPS) is 14.4. The van der Waals surface area contributed by atoms with Gasteiger partial charge in [-0.15, -0.1) is 10.2 Å². The zero-order valence-corrected chi connectivity index (χ0v) is 13.2. The fraction of sp³-hybridized carbons (Fsp3) is 0.308. The van der Waals surface area contributed by atoms with E-state index in [0.717, 1.165) is 24.6 Å². The van der Waals surface area contributed by atoms with Crippen LogP contribution in [-0.2, 0) is 4.79 Å². The third kappa shape index (κ3) is 2.96. The molecule has 110 valence electrons. The van der Waals surface area contributed by atoms with Crippen molar-refractivity contribution in [2.24, 2.45) is 0 Å². The first-order valence-corrected chi connectivity index (χ1v) is 8.09. The van der Waals surface area contributed by atoms with Crippen molar-refractivity contribution in [1.29, 1.82) is 0 Å². The van der Waals surface area contributed by atoms with Crippen molar-refractivity contribution < 1.29 is 14.3 Å². The third-order valence-corrected chi connectivity index (χ3v) is 4.63. The molecule has 8 heteroatoms. The van der Waals surface area contributed by atoms with Crippen molar-refractivity contribution in [2.75, 3.05) is 5.75 Å². The number of nitrogens with zero attached hydrogens (tertiary/aromatic N) is 3. The highest BCUT2D eigenvalue weighted by molar-refractivity contribution is 9.10. The summed E-state index contributed by atoms with van der Waals surface area (Å²) in [5.41, 5.74) is 0.367. The van der Waals surface area contributed by atoms with E-state index in [-0.39, 0.29) is 17.6 Å². The molecule has 1 N–H and O–H groups in total. The summed E-state index contributed by atoms with van der Waals surface area (Å²) in [4.78, 5) is 10.7. The summed E-state index contributed by atoms with van der Waals surface area (Å²) in [6.07, 6.45) is 1.95. The largest absolute Gasteiger partial charge is 0.481 e. The van der Waals surface area contributed by atoms with Crippen LogP contribution in [0.25, 0.3) is 11.4 Å². The van der Waals surface area contributed by atoms with Gasteiger partial charge in [0, 0.05) is 6.04 Å². The van der Waals surface area contributed by atoms with E-state index < -0.39 is 5.97 Å². The summed E-state index contributed by atoms with van der Waals surface area (Å²) < 4.78 is 16.5. The number of hydrogen-bond acceptors (Lipinski definition) is 4. The molecule has 21 heavy (non-hydrogen) atoms. The van der Waals surface area contributed by atoms with Gasteiger partial charge in [0.1, 0.15) is 5.82 Å². The minimum atomic E-state index is -0.916. The quantitative estimate of drug-likeness (QED) is 0.816. The molecule has 1 fully saturated rings. The molecule has 0 unspecified atom stereocenters. The Kier molecular flexibility index (Phi) is 3.99. The van der Waals surface area contributed by atoms with Crippen LogP contribution in [0, 0.1) is 5.82 Å². The molecule has 0 atom stereocenters. The molecule has 1 aliphatic carbocycles. The Labute approximate surface area is 132 Å². The maximum atomic E-state index is 14.2. The molecule has 3 rings (SSSR count). The van der Waals surface area contributed by atoms with E-state index in [2.05, 4.69) is 26.1 Å². The smallest absolute Gasteiger partial charge is 0.313 e. The highest BCUT2D eigenvalue weighted by Gasteiger charge is 2.31. The predicted molar refractivity (Wildman–Crippen MR) is 79.7 cm³/mol. The Morgan fingerprint density at radius 3 is 2.90 bits per heavy atom. The van der Waals surface area contributed by atoms with Gasteiger partial charge >= 0.3 is 5.97 Å². The molecule has 1 saturated carbocycles. The predicted octanol–water partition coefficient (Wildman–Crippen LogP) is 3.36. The number of halogens is 2. The summed E-state index contributed by atoms with van der Waals surface area (Å²) in [5, 5.41) is 17.4. The number of thioether (sulfide) groups is 1. The first-order chi connectivity index (χ1) is 10.1. The molecule has 0 radical (unpaired) electrons. The molecule has 1 aliphatic rings. The van der Waals surface area contributed by atoms with Crippen molar-refractivity contribution in [3.8, 4) is 11.4 Å². The average Bonchev–Trinajstić information content (AvgIpc) is 3.20. The van der Waals surface area contributed by atoms with Crippen molar-refractivity contribution in [2.45, 2.75) is 24.0 Å². The van der Waals surface area contributed by atoms with E-state index in [0.29, 0.717) is 21.0 Å². The summed E-state index contributed by atoms with van der Waals surface area (Å²) in [5.74, 6) is -0.947. The van der Waals surface area contributed by atoms with Crippen LogP contribution in [0.15, 0.2) is 27.8 Å². The number of aromatic nitrogens is 3. The summed E-state index contributed by atoms with van der Waals surface area (Å²) in [6.45, 7) is 0. The molecule has 1 heterocycles. The minimum Gasteiger partial charge on any atom is -0.481 e. The van der Waals surface area contributed by atoms with Crippen LogP contribution in [0.4, 0.5) is 4.39 Å². The lowest BCUT2D eigenvalue weighted by atomic mass is 10.2. The summed E-state index contributed by atoms with van der Waals surface area (Å²) in [7, 11) is 0. The van der Waals surface area contributed by atoms with Crippen LogP contribution < -0.4 is 0 Å². The zero-order chi connectivity index (χ0) is 15.0. The molecule has 1 aromatic carbocycles. The number of benzene rings is 1. The number of carboxylic acid groups (broad SMARTS) is 1. The van der Waals surface area contributed by atoms with E-state index >= 15 is 0 Å². The van der Waals surface area contributed by atoms with Gasteiger partial charge in [-0.1, -0.05) is 17.8 Å². The monoisotopic (exact) mass is 371 g/mol. The van der Waals surface area contributed by atoms with Gasteiger partial charge in [-0.05, 0) is 40.9 Å². The molecule has 0 saturated heterocycles. The highest BCUT2D eigenvalue weighted by atomic mass is 79.9. The van der Waals surface area contributed by atoms with Gasteiger partial charge in [-0.25, -0.2) is 4.39 Å². The minimum absolute atomic E-state index is 0.0914. The van der Waals surface area contributed by atoms with Gasteiger partial charge in [0.2, 0.25) is 0 Å². The molecule has 0 spiro atoms. The number of carboxylic acids is 1. The van der Waals surface area contributed by atoms with Gasteiger partial charge in [0.25, 0.3) is 0 Å². The summed E-state index contributed by atoms with van der Waals surface area (Å²) >= 11 is 4.27. The Morgan fingerprint density at radius 2 is 2.24 bits per heavy atom. The maximum absolute atomic E-state index is 14.2. The molecule has 0 amide bonds. The first-order valence-electron chi connectivity index (χ1n) is 6.32. The molecule has 5 nitrogen and oxygen atoms in total. The topological polar surface area (TPSA) is 68.0 Å². The molecule has 2 aromatic rings. The molecule has 0 bridgehead atoms. The SMILES string of the molecule is O=C(O)CSc1nnc(-c2cccc(Br)c2F)n1C1CC1. The van der Waals surface area contributed by atoms with Gasteiger partial charge in [0.15, 0.2) is 11.0 Å². The Bertz CT molecular complexity index is 703. The number of rotatable bonds is 5. The average molecular weight is 372 g/mol. The molecule has 1 aromatic heterocycles. The van der Waals surface area contributed by atoms with Crippen LogP contribution in [0.5, 0.6) is 0 Å². The van der Waals surface area contributed by atoms with Crippen LogP contribution >= 0.6 is 27.7 Å². The standard InChI is InChI=1S/C13H11BrFN3O2S/c14-9-3-1-2-8(11(9)15)12-16-17-13(21-6-10(19)20)18(12)7-4-5-7/h1-3,7H,4-6H2,(H,19,20). The number of aliphatic carboxylic acids is 1. The number of hydrogen-bond donors (Lipinski definition) is 1. The van der Waals surface area contributed by atoms with Gasteiger partial charge in [-0.2, -0.15) is 0 Å². The van der Waals surface area contributed by atoms with Gasteiger partial charge in [0.05, 0.1) is 15.8 Å². The van der Waals surface area contributed by atoms with E-state index in [1.807, 2.05) is 4.57 Å². The Balaban J connectivity index is 2.02. The molecular weight excluding hydrogens is 361 g/mol. The Hall–Kier alpha value is -1.41. The maximum Gasteiger partial charge on any atom is 0.313 e. The molecular formula is C13H11BrFN3O2S. The van der Waals surface area contributed by atoms with E-state index in [9.17, 15) is 9.18 Å².